The zero-order valence-electron chi connectivity index (χ0n) is 17.1. The van der Waals surface area contributed by atoms with Gasteiger partial charge in [0.25, 0.3) is 0 Å². The van der Waals surface area contributed by atoms with E-state index in [1.54, 1.807) is 0 Å². The number of aryl methyl sites for hydroxylation is 1. The summed E-state index contributed by atoms with van der Waals surface area (Å²) in [5, 5.41) is 14.7. The van der Waals surface area contributed by atoms with E-state index in [9.17, 15) is 4.79 Å². The molecule has 156 valence electrons. The van der Waals surface area contributed by atoms with Crippen LogP contribution in [0.2, 0.25) is 0 Å². The third-order valence-corrected chi connectivity index (χ3v) is 6.13. The van der Waals surface area contributed by atoms with Gasteiger partial charge in [-0.3, -0.25) is 5.32 Å². The number of urea groups is 1. The highest BCUT2D eigenvalue weighted by Crippen LogP contribution is 2.33. The molecule has 1 aromatic heterocycles. The molecule has 3 aromatic rings. The minimum atomic E-state index is -0.347. The number of rotatable bonds is 6. The van der Waals surface area contributed by atoms with Gasteiger partial charge in [-0.15, -0.1) is 10.2 Å². The molecule has 0 saturated heterocycles. The number of hydrogen-bond donors (Lipinski definition) is 2. The Kier molecular flexibility index (Phi) is 6.59. The van der Waals surface area contributed by atoms with Crippen molar-refractivity contribution < 1.29 is 9.53 Å². The van der Waals surface area contributed by atoms with Crippen LogP contribution in [0.25, 0.3) is 0 Å². The Bertz CT molecular complexity index is 964. The largest absolute Gasteiger partial charge is 0.486 e. The van der Waals surface area contributed by atoms with E-state index in [2.05, 4.69) is 33.0 Å². The maximum Gasteiger partial charge on any atom is 0.325 e. The Labute approximate surface area is 180 Å². The molecule has 2 amide bonds. The lowest BCUT2D eigenvalue weighted by Crippen LogP contribution is -2.19. The van der Waals surface area contributed by atoms with Crippen molar-refractivity contribution in [3.8, 4) is 5.75 Å². The molecule has 0 bridgehead atoms. The van der Waals surface area contributed by atoms with Gasteiger partial charge in [-0.2, -0.15) is 0 Å². The second-order valence-corrected chi connectivity index (χ2v) is 8.70. The summed E-state index contributed by atoms with van der Waals surface area (Å²) >= 11 is 1.30. The molecule has 1 saturated carbocycles. The van der Waals surface area contributed by atoms with E-state index in [1.807, 2.05) is 43.3 Å². The molecular weight excluding hydrogens is 396 g/mol. The van der Waals surface area contributed by atoms with E-state index in [0.29, 0.717) is 22.7 Å². The van der Waals surface area contributed by atoms with Gasteiger partial charge in [0, 0.05) is 5.69 Å². The number of nitrogens with zero attached hydrogens (tertiary/aromatic N) is 2. The van der Waals surface area contributed by atoms with E-state index in [1.165, 1.54) is 49.0 Å². The second kappa shape index (κ2) is 9.71. The van der Waals surface area contributed by atoms with Crippen molar-refractivity contribution >= 4 is 28.2 Å². The molecule has 0 aliphatic heterocycles. The fourth-order valence-corrected chi connectivity index (χ4v) is 4.32. The fourth-order valence-electron chi connectivity index (χ4n) is 3.68. The smallest absolute Gasteiger partial charge is 0.325 e. The Balaban J connectivity index is 1.26. The van der Waals surface area contributed by atoms with Crippen molar-refractivity contribution in [3.63, 3.8) is 0 Å². The lowest BCUT2D eigenvalue weighted by Gasteiger charge is -2.22. The fraction of sp³-hybridized carbons (Fsp3) is 0.348. The number of carbonyl (C=O) groups excluding carboxylic acids is 1. The Morgan fingerprint density at radius 3 is 2.47 bits per heavy atom. The lowest BCUT2D eigenvalue weighted by molar-refractivity contribution is 0.262. The summed E-state index contributed by atoms with van der Waals surface area (Å²) in [5.74, 6) is 1.51. The number of nitrogens with one attached hydrogen (secondary N) is 2. The summed E-state index contributed by atoms with van der Waals surface area (Å²) in [5.41, 5.74) is 3.27. The van der Waals surface area contributed by atoms with Crippen LogP contribution in [0.4, 0.5) is 15.6 Å². The Morgan fingerprint density at radius 2 is 1.73 bits per heavy atom. The van der Waals surface area contributed by atoms with E-state index in [0.717, 1.165) is 17.0 Å². The number of hydrogen-bond acceptors (Lipinski definition) is 5. The molecule has 2 aromatic carbocycles. The quantitative estimate of drug-likeness (QED) is 0.502. The van der Waals surface area contributed by atoms with Crippen LogP contribution in [0.1, 0.15) is 54.2 Å². The average Bonchev–Trinajstić information content (AvgIpc) is 3.22. The third-order valence-electron chi connectivity index (χ3n) is 5.32. The molecule has 0 spiro atoms. The van der Waals surface area contributed by atoms with Crippen LogP contribution >= 0.6 is 11.3 Å². The minimum Gasteiger partial charge on any atom is -0.486 e. The normalized spacial score (nSPS) is 14.3. The van der Waals surface area contributed by atoms with Crippen molar-refractivity contribution in [2.45, 2.75) is 51.6 Å². The molecule has 6 nitrogen and oxygen atoms in total. The first-order valence-corrected chi connectivity index (χ1v) is 11.2. The first-order valence-electron chi connectivity index (χ1n) is 10.4. The number of anilines is 2. The standard InChI is InChI=1S/C23H26N4O2S/c1-16-7-11-19(12-8-16)24-22(28)25-23-27-26-21(30-23)15-29-20-13-9-18(10-14-20)17-5-3-2-4-6-17/h7-14,17H,2-6,15H2,1H3,(H2,24,25,27,28). The molecule has 2 N–H and O–H groups in total. The van der Waals surface area contributed by atoms with Crippen LogP contribution in [-0.4, -0.2) is 16.2 Å². The summed E-state index contributed by atoms with van der Waals surface area (Å²) in [6, 6.07) is 15.7. The molecular formula is C23H26N4O2S. The predicted octanol–water partition coefficient (Wildman–Crippen LogP) is 6.12. The summed E-state index contributed by atoms with van der Waals surface area (Å²) in [4.78, 5) is 12.1. The SMILES string of the molecule is Cc1ccc(NC(=O)Nc2nnc(COc3ccc(C4CCCCC4)cc3)s2)cc1. The van der Waals surface area contributed by atoms with Crippen molar-refractivity contribution in [3.05, 3.63) is 64.7 Å². The maximum atomic E-state index is 12.1. The van der Waals surface area contributed by atoms with Crippen LogP contribution < -0.4 is 15.4 Å². The highest BCUT2D eigenvalue weighted by Gasteiger charge is 2.15. The summed E-state index contributed by atoms with van der Waals surface area (Å²) in [7, 11) is 0. The molecule has 1 heterocycles. The van der Waals surface area contributed by atoms with Crippen LogP contribution in [-0.2, 0) is 6.61 Å². The van der Waals surface area contributed by atoms with Gasteiger partial charge in [0.15, 0.2) is 5.01 Å². The monoisotopic (exact) mass is 422 g/mol. The van der Waals surface area contributed by atoms with Gasteiger partial charge in [0.05, 0.1) is 0 Å². The van der Waals surface area contributed by atoms with E-state index < -0.39 is 0 Å². The van der Waals surface area contributed by atoms with Crippen molar-refractivity contribution in [2.75, 3.05) is 10.6 Å². The Morgan fingerprint density at radius 1 is 1.00 bits per heavy atom. The Hall–Kier alpha value is -2.93. The van der Waals surface area contributed by atoms with Crippen LogP contribution in [0, 0.1) is 6.92 Å². The van der Waals surface area contributed by atoms with Gasteiger partial charge >= 0.3 is 6.03 Å². The molecule has 0 unspecified atom stereocenters. The number of ether oxygens (including phenoxy) is 1. The maximum absolute atomic E-state index is 12.1. The zero-order valence-corrected chi connectivity index (χ0v) is 17.9. The van der Waals surface area contributed by atoms with Gasteiger partial charge in [-0.1, -0.05) is 60.4 Å². The first kappa shape index (κ1) is 20.3. The molecule has 30 heavy (non-hydrogen) atoms. The van der Waals surface area contributed by atoms with Crippen molar-refractivity contribution in [1.82, 2.24) is 10.2 Å². The van der Waals surface area contributed by atoms with Crippen molar-refractivity contribution in [1.29, 1.82) is 0 Å². The van der Waals surface area contributed by atoms with E-state index in [-0.39, 0.29) is 6.03 Å². The molecule has 1 aliphatic rings. The van der Waals surface area contributed by atoms with E-state index in [4.69, 9.17) is 4.74 Å². The van der Waals surface area contributed by atoms with Gasteiger partial charge in [0.2, 0.25) is 5.13 Å². The number of benzene rings is 2. The lowest BCUT2D eigenvalue weighted by atomic mass is 9.84. The zero-order chi connectivity index (χ0) is 20.8. The molecule has 0 radical (unpaired) electrons. The highest BCUT2D eigenvalue weighted by atomic mass is 32.1. The molecule has 1 aliphatic carbocycles. The first-order chi connectivity index (χ1) is 14.7. The highest BCUT2D eigenvalue weighted by molar-refractivity contribution is 7.15. The minimum absolute atomic E-state index is 0.321. The van der Waals surface area contributed by atoms with Crippen LogP contribution in [0.3, 0.4) is 0 Å². The van der Waals surface area contributed by atoms with Gasteiger partial charge in [0.1, 0.15) is 12.4 Å². The summed E-state index contributed by atoms with van der Waals surface area (Å²) in [6.07, 6.45) is 6.61. The van der Waals surface area contributed by atoms with Crippen LogP contribution in [0.15, 0.2) is 48.5 Å². The number of aromatic nitrogens is 2. The third kappa shape index (κ3) is 5.57. The molecule has 7 heteroatoms. The molecule has 0 atom stereocenters. The molecule has 1 fully saturated rings. The molecule has 4 rings (SSSR count). The van der Waals surface area contributed by atoms with Gasteiger partial charge in [-0.25, -0.2) is 4.79 Å². The number of carbonyl (C=O) groups is 1. The van der Waals surface area contributed by atoms with Gasteiger partial charge in [-0.05, 0) is 55.5 Å². The summed E-state index contributed by atoms with van der Waals surface area (Å²) in [6.45, 7) is 2.32. The van der Waals surface area contributed by atoms with E-state index >= 15 is 0 Å². The van der Waals surface area contributed by atoms with Crippen LogP contribution in [0.5, 0.6) is 5.75 Å². The van der Waals surface area contributed by atoms with Crippen molar-refractivity contribution in [2.24, 2.45) is 0 Å². The number of amides is 2. The topological polar surface area (TPSA) is 76.1 Å². The second-order valence-electron chi connectivity index (χ2n) is 7.64. The van der Waals surface area contributed by atoms with Gasteiger partial charge < -0.3 is 10.1 Å². The summed E-state index contributed by atoms with van der Waals surface area (Å²) < 4.78 is 5.84. The predicted molar refractivity (Wildman–Crippen MR) is 120 cm³/mol. The average molecular weight is 423 g/mol.